The first-order valence-electron chi connectivity index (χ1n) is 5.14. The van der Waals surface area contributed by atoms with E-state index >= 15 is 0 Å². The van der Waals surface area contributed by atoms with Gasteiger partial charge in [0.05, 0.1) is 11.4 Å². The van der Waals surface area contributed by atoms with Crippen LogP contribution in [0.2, 0.25) is 0 Å². The zero-order chi connectivity index (χ0) is 11.7. The molecule has 0 aliphatic heterocycles. The summed E-state index contributed by atoms with van der Waals surface area (Å²) < 4.78 is 2.73. The van der Waals surface area contributed by atoms with Gasteiger partial charge in [-0.2, -0.15) is 0 Å². The number of benzene rings is 1. The number of imidazole rings is 1. The molecule has 16 heavy (non-hydrogen) atoms. The van der Waals surface area contributed by atoms with E-state index in [-0.39, 0.29) is 0 Å². The van der Waals surface area contributed by atoms with Crippen LogP contribution >= 0.6 is 12.2 Å². The lowest BCUT2D eigenvalue weighted by molar-refractivity contribution is 1.01. The van der Waals surface area contributed by atoms with Gasteiger partial charge >= 0.3 is 0 Å². The Hall–Kier alpha value is -1.55. The number of nitrogens with zero attached hydrogens (tertiary/aromatic N) is 2. The quantitative estimate of drug-likeness (QED) is 0.806. The maximum absolute atomic E-state index is 5.29. The van der Waals surface area contributed by atoms with E-state index < -0.39 is 0 Å². The third kappa shape index (κ3) is 1.88. The number of aromatic nitrogens is 2. The molecular formula is C12H15N3S. The molecule has 2 aromatic rings. The van der Waals surface area contributed by atoms with Gasteiger partial charge in [0.25, 0.3) is 0 Å². The number of hydrogen-bond donors (Lipinski definition) is 1. The maximum Gasteiger partial charge on any atom is 0.182 e. The van der Waals surface area contributed by atoms with Gasteiger partial charge in [0.1, 0.15) is 0 Å². The van der Waals surface area contributed by atoms with E-state index in [2.05, 4.69) is 22.0 Å². The summed E-state index contributed by atoms with van der Waals surface area (Å²) in [4.78, 5) is 5.21. The number of anilines is 1. The van der Waals surface area contributed by atoms with Gasteiger partial charge in [0.2, 0.25) is 0 Å². The van der Waals surface area contributed by atoms with Crippen LogP contribution in [-0.2, 0) is 0 Å². The monoisotopic (exact) mass is 233 g/mol. The number of H-pyrrole nitrogens is 1. The fraction of sp³-hybridized carbons (Fsp3) is 0.250. The summed E-state index contributed by atoms with van der Waals surface area (Å²) >= 11 is 5.29. The van der Waals surface area contributed by atoms with E-state index in [1.807, 2.05) is 43.9 Å². The highest BCUT2D eigenvalue weighted by Gasteiger charge is 2.06. The Morgan fingerprint density at radius 2 is 1.94 bits per heavy atom. The van der Waals surface area contributed by atoms with Gasteiger partial charge in [0.15, 0.2) is 4.77 Å². The molecule has 1 aromatic heterocycles. The topological polar surface area (TPSA) is 24.0 Å². The first kappa shape index (κ1) is 11.0. The number of aryl methyl sites for hydroxylation is 1. The fourth-order valence-corrected chi connectivity index (χ4v) is 2.05. The zero-order valence-corrected chi connectivity index (χ0v) is 10.5. The molecule has 0 bridgehead atoms. The van der Waals surface area contributed by atoms with Crippen LogP contribution in [0.5, 0.6) is 0 Å². The summed E-state index contributed by atoms with van der Waals surface area (Å²) in [6.07, 6.45) is 2.02. The number of para-hydroxylation sites is 2. The molecule has 84 valence electrons. The van der Waals surface area contributed by atoms with Crippen LogP contribution in [-0.4, -0.2) is 23.6 Å². The SMILES string of the molecule is Cc1cn(-c2ccccc2N(C)C)c(=S)[nH]1. The average Bonchev–Trinajstić information content (AvgIpc) is 2.57. The molecule has 0 aliphatic carbocycles. The minimum atomic E-state index is 0.729. The Kier molecular flexibility index (Phi) is 2.83. The normalized spacial score (nSPS) is 10.4. The minimum absolute atomic E-state index is 0.729. The van der Waals surface area contributed by atoms with Gasteiger partial charge in [-0.05, 0) is 31.3 Å². The van der Waals surface area contributed by atoms with E-state index in [4.69, 9.17) is 12.2 Å². The first-order valence-corrected chi connectivity index (χ1v) is 5.55. The Balaban J connectivity index is 2.64. The van der Waals surface area contributed by atoms with Crippen molar-refractivity contribution in [3.63, 3.8) is 0 Å². The third-order valence-corrected chi connectivity index (χ3v) is 2.77. The second-order valence-electron chi connectivity index (χ2n) is 4.00. The van der Waals surface area contributed by atoms with Crippen LogP contribution in [0.25, 0.3) is 5.69 Å². The zero-order valence-electron chi connectivity index (χ0n) is 9.69. The van der Waals surface area contributed by atoms with Gasteiger partial charge < -0.3 is 9.88 Å². The number of nitrogens with one attached hydrogen (secondary N) is 1. The molecule has 0 radical (unpaired) electrons. The van der Waals surface area contributed by atoms with E-state index in [1.165, 1.54) is 0 Å². The van der Waals surface area contributed by atoms with Crippen LogP contribution in [0.4, 0.5) is 5.69 Å². The number of rotatable bonds is 2. The van der Waals surface area contributed by atoms with E-state index in [9.17, 15) is 0 Å². The number of aromatic amines is 1. The largest absolute Gasteiger partial charge is 0.376 e. The van der Waals surface area contributed by atoms with E-state index in [0.29, 0.717) is 0 Å². The van der Waals surface area contributed by atoms with Crippen LogP contribution in [0.1, 0.15) is 5.69 Å². The van der Waals surface area contributed by atoms with Crippen molar-refractivity contribution >= 4 is 17.9 Å². The third-order valence-electron chi connectivity index (χ3n) is 2.47. The lowest BCUT2D eigenvalue weighted by Gasteiger charge is -2.17. The molecule has 0 fully saturated rings. The molecule has 2 rings (SSSR count). The van der Waals surface area contributed by atoms with Crippen molar-refractivity contribution in [1.29, 1.82) is 0 Å². The molecule has 0 atom stereocenters. The molecule has 0 unspecified atom stereocenters. The summed E-state index contributed by atoms with van der Waals surface area (Å²) in [6.45, 7) is 2.00. The second-order valence-corrected chi connectivity index (χ2v) is 4.38. The van der Waals surface area contributed by atoms with Crippen LogP contribution < -0.4 is 4.90 Å². The fourth-order valence-electron chi connectivity index (χ4n) is 1.74. The Bertz CT molecular complexity index is 551. The molecule has 0 amide bonds. The highest BCUT2D eigenvalue weighted by molar-refractivity contribution is 7.71. The van der Waals surface area contributed by atoms with Gasteiger partial charge in [-0.15, -0.1) is 0 Å². The van der Waals surface area contributed by atoms with Gasteiger partial charge in [-0.25, -0.2) is 0 Å². The van der Waals surface area contributed by atoms with Crippen molar-refractivity contribution in [2.45, 2.75) is 6.92 Å². The molecule has 1 N–H and O–H groups in total. The summed E-state index contributed by atoms with van der Waals surface area (Å²) in [5.41, 5.74) is 3.32. The van der Waals surface area contributed by atoms with Crippen molar-refractivity contribution in [1.82, 2.24) is 9.55 Å². The van der Waals surface area contributed by atoms with Crippen molar-refractivity contribution in [2.75, 3.05) is 19.0 Å². The smallest absolute Gasteiger partial charge is 0.182 e. The van der Waals surface area contributed by atoms with Crippen LogP contribution in [0.15, 0.2) is 30.5 Å². The molecule has 4 heteroatoms. The molecule has 0 saturated carbocycles. The van der Waals surface area contributed by atoms with Gasteiger partial charge in [-0.1, -0.05) is 12.1 Å². The molecule has 0 saturated heterocycles. The summed E-state index contributed by atoms with van der Waals surface area (Å²) in [7, 11) is 4.06. The van der Waals surface area contributed by atoms with Crippen LogP contribution in [0.3, 0.4) is 0 Å². The lowest BCUT2D eigenvalue weighted by Crippen LogP contribution is -2.11. The highest BCUT2D eigenvalue weighted by atomic mass is 32.1. The molecule has 0 aliphatic rings. The summed E-state index contributed by atoms with van der Waals surface area (Å²) in [6, 6.07) is 8.20. The van der Waals surface area contributed by atoms with Gasteiger partial charge in [0, 0.05) is 26.0 Å². The standard InChI is InChI=1S/C12H15N3S/c1-9-8-15(12(16)13-9)11-7-5-4-6-10(11)14(2)3/h4-8H,1-3H3,(H,13,16). The van der Waals surface area contributed by atoms with Gasteiger partial charge in [-0.3, -0.25) is 4.57 Å². The lowest BCUT2D eigenvalue weighted by atomic mass is 10.2. The maximum atomic E-state index is 5.29. The second kappa shape index (κ2) is 4.14. The highest BCUT2D eigenvalue weighted by Crippen LogP contribution is 2.22. The van der Waals surface area contributed by atoms with E-state index in [0.717, 1.165) is 21.8 Å². The summed E-state index contributed by atoms with van der Waals surface area (Å²) in [5, 5.41) is 0. The Labute approximate surface area is 100 Å². The predicted molar refractivity (Wildman–Crippen MR) is 70.0 cm³/mol. The minimum Gasteiger partial charge on any atom is -0.376 e. The van der Waals surface area contributed by atoms with Crippen molar-refractivity contribution in [3.05, 3.63) is 40.9 Å². The molecule has 3 nitrogen and oxygen atoms in total. The Morgan fingerprint density at radius 3 is 2.50 bits per heavy atom. The molecule has 0 spiro atoms. The Morgan fingerprint density at radius 1 is 1.25 bits per heavy atom. The van der Waals surface area contributed by atoms with Crippen molar-refractivity contribution in [3.8, 4) is 5.69 Å². The first-order chi connectivity index (χ1) is 7.59. The molecule has 1 aromatic carbocycles. The predicted octanol–water partition coefficient (Wildman–Crippen LogP) is 2.91. The number of hydrogen-bond acceptors (Lipinski definition) is 2. The molecular weight excluding hydrogens is 218 g/mol. The average molecular weight is 233 g/mol. The van der Waals surface area contributed by atoms with Crippen molar-refractivity contribution in [2.24, 2.45) is 0 Å². The molecule has 1 heterocycles. The van der Waals surface area contributed by atoms with E-state index in [1.54, 1.807) is 0 Å². The van der Waals surface area contributed by atoms with Crippen molar-refractivity contribution < 1.29 is 0 Å². The summed E-state index contributed by atoms with van der Waals surface area (Å²) in [5.74, 6) is 0. The van der Waals surface area contributed by atoms with Crippen LogP contribution in [0, 0.1) is 11.7 Å².